The Bertz CT molecular complexity index is 243. The molecule has 14 heavy (non-hydrogen) atoms. The largest absolute Gasteiger partial charge is 0.463 e. The van der Waals surface area contributed by atoms with Crippen molar-refractivity contribution in [2.75, 3.05) is 13.1 Å². The molecule has 0 spiro atoms. The van der Waals surface area contributed by atoms with Crippen LogP contribution in [0.2, 0.25) is 0 Å². The van der Waals surface area contributed by atoms with Crippen LogP contribution >= 0.6 is 0 Å². The number of hydrogen-bond acceptors (Lipinski definition) is 3. The van der Waals surface area contributed by atoms with E-state index in [1.807, 2.05) is 0 Å². The van der Waals surface area contributed by atoms with E-state index in [9.17, 15) is 9.59 Å². The highest BCUT2D eigenvalue weighted by molar-refractivity contribution is 5.78. The van der Waals surface area contributed by atoms with Crippen molar-refractivity contribution in [1.82, 2.24) is 9.96 Å². The average Bonchev–Trinajstić information content (AvgIpc) is 2.50. The Kier molecular flexibility index (Phi) is 3.29. The first-order valence-corrected chi connectivity index (χ1v) is 4.51. The van der Waals surface area contributed by atoms with E-state index in [1.54, 1.807) is 11.8 Å². The SMILES string of the molecule is CC(CN1CCCC1=O)N(O)C(=O)O. The Labute approximate surface area is 81.7 Å². The van der Waals surface area contributed by atoms with Crippen LogP contribution in [0.25, 0.3) is 0 Å². The molecule has 0 aromatic heterocycles. The summed E-state index contributed by atoms with van der Waals surface area (Å²) in [5.74, 6) is 0.0237. The van der Waals surface area contributed by atoms with E-state index in [4.69, 9.17) is 10.3 Å². The lowest BCUT2D eigenvalue weighted by Crippen LogP contribution is -2.43. The lowest BCUT2D eigenvalue weighted by molar-refractivity contribution is -0.132. The average molecular weight is 202 g/mol. The molecule has 1 atom stereocenters. The van der Waals surface area contributed by atoms with Gasteiger partial charge in [-0.2, -0.15) is 5.06 Å². The fraction of sp³-hybridized carbons (Fsp3) is 0.750. The van der Waals surface area contributed by atoms with Gasteiger partial charge in [0.25, 0.3) is 0 Å². The van der Waals surface area contributed by atoms with Gasteiger partial charge >= 0.3 is 6.09 Å². The molecule has 1 saturated heterocycles. The summed E-state index contributed by atoms with van der Waals surface area (Å²) in [5, 5.41) is 17.7. The van der Waals surface area contributed by atoms with Crippen molar-refractivity contribution in [2.24, 2.45) is 0 Å². The summed E-state index contributed by atoms with van der Waals surface area (Å²) in [6, 6.07) is -0.588. The van der Waals surface area contributed by atoms with Crippen molar-refractivity contribution in [3.63, 3.8) is 0 Å². The van der Waals surface area contributed by atoms with Gasteiger partial charge in [-0.25, -0.2) is 4.79 Å². The lowest BCUT2D eigenvalue weighted by Gasteiger charge is -2.24. The fourth-order valence-electron chi connectivity index (χ4n) is 1.48. The molecular formula is C8H14N2O4. The molecule has 6 nitrogen and oxygen atoms in total. The van der Waals surface area contributed by atoms with Crippen molar-refractivity contribution in [2.45, 2.75) is 25.8 Å². The number of rotatable bonds is 3. The van der Waals surface area contributed by atoms with E-state index >= 15 is 0 Å². The van der Waals surface area contributed by atoms with Crippen LogP contribution < -0.4 is 0 Å². The number of amides is 2. The Morgan fingerprint density at radius 1 is 1.71 bits per heavy atom. The highest BCUT2D eigenvalue weighted by Gasteiger charge is 2.25. The van der Waals surface area contributed by atoms with E-state index in [0.717, 1.165) is 6.42 Å². The molecule has 1 unspecified atom stereocenters. The number of hydroxylamine groups is 2. The summed E-state index contributed by atoms with van der Waals surface area (Å²) < 4.78 is 0. The number of hydrogen-bond donors (Lipinski definition) is 2. The quantitative estimate of drug-likeness (QED) is 0.511. The van der Waals surface area contributed by atoms with Crippen LogP contribution in [0.5, 0.6) is 0 Å². The number of carbonyl (C=O) groups excluding carboxylic acids is 1. The standard InChI is InChI=1S/C8H14N2O4/c1-6(10(14)8(12)13)5-9-4-2-3-7(9)11/h6,14H,2-5H2,1H3,(H,12,13). The minimum Gasteiger partial charge on any atom is -0.463 e. The molecule has 2 N–H and O–H groups in total. The molecule has 0 aromatic rings. The molecule has 1 aliphatic rings. The first-order valence-electron chi connectivity index (χ1n) is 4.51. The molecule has 0 aromatic carbocycles. The van der Waals surface area contributed by atoms with Crippen molar-refractivity contribution in [3.05, 3.63) is 0 Å². The molecule has 0 bridgehead atoms. The van der Waals surface area contributed by atoms with Crippen LogP contribution in [-0.4, -0.2) is 51.4 Å². The second kappa shape index (κ2) is 4.28. The Hall–Kier alpha value is -1.30. The third-order valence-electron chi connectivity index (χ3n) is 2.27. The molecule has 1 aliphatic heterocycles. The minimum absolute atomic E-state index is 0.0237. The van der Waals surface area contributed by atoms with Crippen molar-refractivity contribution >= 4 is 12.0 Å². The van der Waals surface area contributed by atoms with E-state index in [0.29, 0.717) is 13.0 Å². The van der Waals surface area contributed by atoms with Gasteiger partial charge in [0.2, 0.25) is 5.91 Å². The summed E-state index contributed by atoms with van der Waals surface area (Å²) in [4.78, 5) is 23.1. The van der Waals surface area contributed by atoms with Crippen LogP contribution in [0.3, 0.4) is 0 Å². The number of likely N-dealkylation sites (tertiary alicyclic amines) is 1. The molecule has 1 rings (SSSR count). The van der Waals surface area contributed by atoms with Gasteiger partial charge in [0.05, 0.1) is 6.04 Å². The highest BCUT2D eigenvalue weighted by Crippen LogP contribution is 2.11. The molecule has 1 heterocycles. The monoisotopic (exact) mass is 202 g/mol. The summed E-state index contributed by atoms with van der Waals surface area (Å²) in [6.07, 6.45) is -0.0703. The molecular weight excluding hydrogens is 188 g/mol. The van der Waals surface area contributed by atoms with E-state index in [2.05, 4.69) is 0 Å². The van der Waals surface area contributed by atoms with E-state index < -0.39 is 12.1 Å². The van der Waals surface area contributed by atoms with Crippen molar-refractivity contribution in [1.29, 1.82) is 0 Å². The smallest absolute Gasteiger partial charge is 0.431 e. The Morgan fingerprint density at radius 3 is 2.79 bits per heavy atom. The topological polar surface area (TPSA) is 81.1 Å². The maximum atomic E-state index is 11.2. The maximum Gasteiger partial charge on any atom is 0.431 e. The van der Waals surface area contributed by atoms with Crippen LogP contribution in [-0.2, 0) is 4.79 Å². The molecule has 0 radical (unpaired) electrons. The first kappa shape index (κ1) is 10.8. The molecule has 80 valence electrons. The Balaban J connectivity index is 2.43. The summed E-state index contributed by atoms with van der Waals surface area (Å²) in [7, 11) is 0. The predicted octanol–water partition coefficient (Wildman–Crippen LogP) is 0.367. The maximum absolute atomic E-state index is 11.2. The molecule has 0 aliphatic carbocycles. The van der Waals surface area contributed by atoms with Gasteiger partial charge in [-0.1, -0.05) is 0 Å². The van der Waals surface area contributed by atoms with Gasteiger partial charge in [-0.05, 0) is 13.3 Å². The fourth-order valence-corrected chi connectivity index (χ4v) is 1.48. The van der Waals surface area contributed by atoms with E-state index in [1.165, 1.54) is 0 Å². The second-order valence-corrected chi connectivity index (χ2v) is 3.42. The number of carboxylic acid groups (broad SMARTS) is 1. The van der Waals surface area contributed by atoms with Gasteiger partial charge in [-0.3, -0.25) is 10.0 Å². The molecule has 0 saturated carbocycles. The van der Waals surface area contributed by atoms with Gasteiger partial charge in [0.15, 0.2) is 0 Å². The van der Waals surface area contributed by atoms with Crippen LogP contribution in [0.4, 0.5) is 4.79 Å². The summed E-state index contributed by atoms with van der Waals surface area (Å²) in [5.41, 5.74) is 0. The highest BCUT2D eigenvalue weighted by atomic mass is 16.6. The van der Waals surface area contributed by atoms with E-state index in [-0.39, 0.29) is 17.5 Å². The number of carbonyl (C=O) groups is 2. The Morgan fingerprint density at radius 2 is 2.36 bits per heavy atom. The van der Waals surface area contributed by atoms with Gasteiger partial charge in [0, 0.05) is 19.5 Å². The van der Waals surface area contributed by atoms with Gasteiger partial charge in [0.1, 0.15) is 0 Å². The zero-order valence-corrected chi connectivity index (χ0v) is 8.01. The molecule has 2 amide bonds. The third kappa shape index (κ3) is 2.35. The summed E-state index contributed by atoms with van der Waals surface area (Å²) in [6.45, 7) is 2.46. The second-order valence-electron chi connectivity index (χ2n) is 3.42. The third-order valence-corrected chi connectivity index (χ3v) is 2.27. The van der Waals surface area contributed by atoms with Crippen LogP contribution in [0.1, 0.15) is 19.8 Å². The van der Waals surface area contributed by atoms with Gasteiger partial charge < -0.3 is 10.0 Å². The molecule has 6 heteroatoms. The van der Waals surface area contributed by atoms with Crippen LogP contribution in [0.15, 0.2) is 0 Å². The van der Waals surface area contributed by atoms with Crippen LogP contribution in [0, 0.1) is 0 Å². The zero-order valence-electron chi connectivity index (χ0n) is 8.01. The van der Waals surface area contributed by atoms with Crippen molar-refractivity contribution in [3.8, 4) is 0 Å². The normalized spacial score (nSPS) is 18.4. The number of nitrogens with zero attached hydrogens (tertiary/aromatic N) is 2. The van der Waals surface area contributed by atoms with Crippen molar-refractivity contribution < 1.29 is 19.9 Å². The van der Waals surface area contributed by atoms with Gasteiger partial charge in [-0.15, -0.1) is 0 Å². The molecule has 1 fully saturated rings. The lowest BCUT2D eigenvalue weighted by atomic mass is 10.3. The zero-order chi connectivity index (χ0) is 10.7. The predicted molar refractivity (Wildman–Crippen MR) is 46.9 cm³/mol. The summed E-state index contributed by atoms with van der Waals surface area (Å²) >= 11 is 0. The first-order chi connectivity index (χ1) is 6.52. The minimum atomic E-state index is -1.40.